The third-order valence-corrected chi connectivity index (χ3v) is 5.56. The lowest BCUT2D eigenvalue weighted by Crippen LogP contribution is -2.34. The fourth-order valence-corrected chi connectivity index (χ4v) is 4.30. The van der Waals surface area contributed by atoms with Gasteiger partial charge >= 0.3 is 0 Å². The Bertz CT molecular complexity index is 458. The number of amides is 1. The zero-order valence-corrected chi connectivity index (χ0v) is 12.9. The van der Waals surface area contributed by atoms with Crippen LogP contribution >= 0.6 is 11.3 Å². The minimum atomic E-state index is 0.121. The van der Waals surface area contributed by atoms with Gasteiger partial charge in [0.15, 0.2) is 5.13 Å². The van der Waals surface area contributed by atoms with Crippen LogP contribution < -0.4 is 10.6 Å². The molecule has 1 aliphatic heterocycles. The highest BCUT2D eigenvalue weighted by atomic mass is 32.1. The van der Waals surface area contributed by atoms with Gasteiger partial charge in [-0.3, -0.25) is 4.79 Å². The van der Waals surface area contributed by atoms with Gasteiger partial charge in [0.05, 0.1) is 5.69 Å². The molecule has 2 aliphatic rings. The first-order chi connectivity index (χ1) is 9.72. The molecule has 20 heavy (non-hydrogen) atoms. The number of hydrogen-bond acceptors (Lipinski definition) is 4. The molecule has 2 heterocycles. The third-order valence-electron chi connectivity index (χ3n) is 4.49. The van der Waals surface area contributed by atoms with E-state index in [1.54, 1.807) is 11.3 Å². The highest BCUT2D eigenvalue weighted by Gasteiger charge is 2.23. The maximum Gasteiger partial charge on any atom is 0.226 e. The van der Waals surface area contributed by atoms with E-state index in [1.165, 1.54) is 29.8 Å². The smallest absolute Gasteiger partial charge is 0.226 e. The summed E-state index contributed by atoms with van der Waals surface area (Å²) in [5, 5.41) is 7.21. The van der Waals surface area contributed by atoms with Gasteiger partial charge in [0.2, 0.25) is 5.91 Å². The Kier molecular flexibility index (Phi) is 4.36. The van der Waals surface area contributed by atoms with Crippen molar-refractivity contribution < 1.29 is 4.79 Å². The summed E-state index contributed by atoms with van der Waals surface area (Å²) in [4.78, 5) is 18.0. The lowest BCUT2D eigenvalue weighted by molar-refractivity contribution is -0.117. The summed E-state index contributed by atoms with van der Waals surface area (Å²) in [6, 6.07) is 0. The van der Waals surface area contributed by atoms with E-state index in [-0.39, 0.29) is 5.91 Å². The Hall–Kier alpha value is -0.940. The number of carbonyl (C=O) groups is 1. The van der Waals surface area contributed by atoms with Crippen LogP contribution in [0.4, 0.5) is 5.13 Å². The van der Waals surface area contributed by atoms with Crippen molar-refractivity contribution in [2.75, 3.05) is 18.4 Å². The molecule has 5 heteroatoms. The van der Waals surface area contributed by atoms with Crippen LogP contribution in [0.2, 0.25) is 0 Å². The molecule has 0 aromatic carbocycles. The summed E-state index contributed by atoms with van der Waals surface area (Å²) in [5.74, 6) is 1.20. The average molecular weight is 293 g/mol. The second-order valence-electron chi connectivity index (χ2n) is 6.08. The van der Waals surface area contributed by atoms with E-state index in [0.717, 1.165) is 31.1 Å². The maximum absolute atomic E-state index is 12.1. The summed E-state index contributed by atoms with van der Waals surface area (Å²) in [6.45, 7) is 4.37. The van der Waals surface area contributed by atoms with E-state index in [4.69, 9.17) is 0 Å². The topological polar surface area (TPSA) is 54.0 Å². The Balaban J connectivity index is 1.50. The average Bonchev–Trinajstić information content (AvgIpc) is 3.00. The van der Waals surface area contributed by atoms with Crippen LogP contribution in [0.25, 0.3) is 0 Å². The lowest BCUT2D eigenvalue weighted by Gasteiger charge is -2.27. The van der Waals surface area contributed by atoms with Crippen molar-refractivity contribution in [1.29, 1.82) is 0 Å². The van der Waals surface area contributed by atoms with Gasteiger partial charge in [0.1, 0.15) is 0 Å². The van der Waals surface area contributed by atoms with Crippen molar-refractivity contribution in [3.05, 3.63) is 10.6 Å². The normalized spacial score (nSPS) is 23.4. The van der Waals surface area contributed by atoms with Gasteiger partial charge in [-0.1, -0.05) is 6.92 Å². The van der Waals surface area contributed by atoms with E-state index in [2.05, 4.69) is 22.5 Å². The molecule has 1 aromatic rings. The molecular formula is C15H23N3OS. The Labute approximate surface area is 124 Å². The standard InChI is InChI=1S/C15H23N3OS/c1-10(11-4-3-7-16-9-11)8-14(19)18-15-17-12-5-2-6-13(12)20-15/h10-11,16H,2-9H2,1H3,(H,17,18,19). The summed E-state index contributed by atoms with van der Waals surface area (Å²) in [7, 11) is 0. The quantitative estimate of drug-likeness (QED) is 0.897. The highest BCUT2D eigenvalue weighted by Crippen LogP contribution is 2.31. The summed E-state index contributed by atoms with van der Waals surface area (Å²) in [6.07, 6.45) is 6.51. The number of piperidine rings is 1. The van der Waals surface area contributed by atoms with Crippen LogP contribution in [0.3, 0.4) is 0 Å². The van der Waals surface area contributed by atoms with E-state index in [9.17, 15) is 4.79 Å². The zero-order chi connectivity index (χ0) is 13.9. The molecule has 0 spiro atoms. The molecular weight excluding hydrogens is 270 g/mol. The van der Waals surface area contributed by atoms with Crippen molar-refractivity contribution in [2.45, 2.75) is 45.4 Å². The number of carbonyl (C=O) groups excluding carboxylic acids is 1. The Morgan fingerprint density at radius 2 is 2.40 bits per heavy atom. The van der Waals surface area contributed by atoms with Crippen LogP contribution in [-0.2, 0) is 17.6 Å². The number of aryl methyl sites for hydroxylation is 2. The van der Waals surface area contributed by atoms with Crippen molar-refractivity contribution in [3.8, 4) is 0 Å². The summed E-state index contributed by atoms with van der Waals surface area (Å²) >= 11 is 1.66. The Morgan fingerprint density at radius 3 is 3.15 bits per heavy atom. The maximum atomic E-state index is 12.1. The first-order valence-corrected chi connectivity index (χ1v) is 8.53. The SMILES string of the molecule is CC(CC(=O)Nc1nc2c(s1)CCC2)C1CCCNC1. The van der Waals surface area contributed by atoms with E-state index < -0.39 is 0 Å². The molecule has 2 unspecified atom stereocenters. The van der Waals surface area contributed by atoms with Gasteiger partial charge in [-0.2, -0.15) is 0 Å². The minimum absolute atomic E-state index is 0.121. The van der Waals surface area contributed by atoms with E-state index >= 15 is 0 Å². The molecule has 1 aromatic heterocycles. The molecule has 0 saturated carbocycles. The van der Waals surface area contributed by atoms with Gasteiger partial charge in [0.25, 0.3) is 0 Å². The number of aromatic nitrogens is 1. The number of fused-ring (bicyclic) bond motifs is 1. The number of thiazole rings is 1. The number of hydrogen-bond donors (Lipinski definition) is 2. The fraction of sp³-hybridized carbons (Fsp3) is 0.733. The Morgan fingerprint density at radius 1 is 1.50 bits per heavy atom. The van der Waals surface area contributed by atoms with Crippen LogP contribution in [-0.4, -0.2) is 24.0 Å². The summed E-state index contributed by atoms with van der Waals surface area (Å²) < 4.78 is 0. The predicted molar refractivity (Wildman–Crippen MR) is 82.1 cm³/mol. The zero-order valence-electron chi connectivity index (χ0n) is 12.1. The molecule has 110 valence electrons. The number of nitrogens with one attached hydrogen (secondary N) is 2. The van der Waals surface area contributed by atoms with Gasteiger partial charge in [-0.05, 0) is 57.0 Å². The molecule has 2 N–H and O–H groups in total. The second kappa shape index (κ2) is 6.22. The van der Waals surface area contributed by atoms with E-state index in [0.29, 0.717) is 18.3 Å². The molecule has 1 aliphatic carbocycles. The van der Waals surface area contributed by atoms with Gasteiger partial charge in [-0.25, -0.2) is 4.98 Å². The molecule has 0 radical (unpaired) electrons. The second-order valence-corrected chi connectivity index (χ2v) is 7.16. The first kappa shape index (κ1) is 14.0. The fourth-order valence-electron chi connectivity index (χ4n) is 3.24. The monoisotopic (exact) mass is 293 g/mol. The van der Waals surface area contributed by atoms with Gasteiger partial charge < -0.3 is 10.6 Å². The largest absolute Gasteiger partial charge is 0.316 e. The van der Waals surface area contributed by atoms with Crippen LogP contribution in [0, 0.1) is 11.8 Å². The molecule has 0 bridgehead atoms. The highest BCUT2D eigenvalue weighted by molar-refractivity contribution is 7.15. The third kappa shape index (κ3) is 3.20. The first-order valence-electron chi connectivity index (χ1n) is 7.71. The minimum Gasteiger partial charge on any atom is -0.316 e. The van der Waals surface area contributed by atoms with Crippen molar-refractivity contribution in [2.24, 2.45) is 11.8 Å². The molecule has 1 fully saturated rings. The van der Waals surface area contributed by atoms with Crippen LogP contribution in [0.15, 0.2) is 0 Å². The molecule has 1 saturated heterocycles. The van der Waals surface area contributed by atoms with Crippen LogP contribution in [0.1, 0.15) is 43.2 Å². The van der Waals surface area contributed by atoms with Crippen LogP contribution in [0.5, 0.6) is 0 Å². The van der Waals surface area contributed by atoms with Crippen molar-refractivity contribution >= 4 is 22.4 Å². The predicted octanol–water partition coefficient (Wildman–Crippen LogP) is 2.60. The number of nitrogens with zero attached hydrogens (tertiary/aromatic N) is 1. The van der Waals surface area contributed by atoms with Crippen molar-refractivity contribution in [3.63, 3.8) is 0 Å². The molecule has 4 nitrogen and oxygen atoms in total. The lowest BCUT2D eigenvalue weighted by atomic mass is 9.85. The molecule has 2 atom stereocenters. The number of rotatable bonds is 4. The van der Waals surface area contributed by atoms with Gasteiger partial charge in [0, 0.05) is 11.3 Å². The van der Waals surface area contributed by atoms with Crippen molar-refractivity contribution in [1.82, 2.24) is 10.3 Å². The molecule has 1 amide bonds. The molecule has 3 rings (SSSR count). The summed E-state index contributed by atoms with van der Waals surface area (Å²) in [5.41, 5.74) is 1.20. The van der Waals surface area contributed by atoms with Gasteiger partial charge in [-0.15, -0.1) is 11.3 Å². The van der Waals surface area contributed by atoms with E-state index in [1.807, 2.05) is 0 Å². The number of anilines is 1.